The molecule has 0 saturated heterocycles. The number of nitrogens with one attached hydrogen (secondary N) is 1. The van der Waals surface area contributed by atoms with E-state index in [9.17, 15) is 34.4 Å². The molecule has 3 aliphatic rings. The number of fused-ring (bicyclic) bond motifs is 3. The van der Waals surface area contributed by atoms with Gasteiger partial charge < -0.3 is 31.5 Å². The Morgan fingerprint density at radius 3 is 2.66 bits per heavy atom. The summed E-state index contributed by atoms with van der Waals surface area (Å²) < 4.78 is 12.4. The lowest BCUT2D eigenvalue weighted by atomic mass is 9.58. The standard InChI is InChI=1S/C23H27FN2O6/c1-23(32)17-13(8-14(27)18(23)22(25)31)7-12-6-10-2-3-11(9-26-5-4-24)19(28)15(10)20(29)16(12)21(17)30/h2-3,12-13,17,26-28,30,32H,4-9H2,1H3,(H2,25,31). The molecule has 172 valence electrons. The molecule has 9 heteroatoms. The van der Waals surface area contributed by atoms with Crippen LogP contribution in [0.1, 0.15) is 41.3 Å². The van der Waals surface area contributed by atoms with Gasteiger partial charge in [-0.05, 0) is 37.2 Å². The average molecular weight is 446 g/mol. The van der Waals surface area contributed by atoms with Crippen LogP contribution in [0, 0.1) is 17.8 Å². The predicted molar refractivity (Wildman–Crippen MR) is 113 cm³/mol. The molecule has 8 nitrogen and oxygen atoms in total. The van der Waals surface area contributed by atoms with Crippen LogP contribution in [0.3, 0.4) is 0 Å². The monoisotopic (exact) mass is 446 g/mol. The van der Waals surface area contributed by atoms with Crippen molar-refractivity contribution in [3.05, 3.63) is 51.5 Å². The summed E-state index contributed by atoms with van der Waals surface area (Å²) in [4.78, 5) is 25.3. The van der Waals surface area contributed by atoms with Crippen LogP contribution in [0.5, 0.6) is 5.75 Å². The summed E-state index contributed by atoms with van der Waals surface area (Å²) in [5.41, 5.74) is 4.31. The number of rotatable bonds is 5. The summed E-state index contributed by atoms with van der Waals surface area (Å²) >= 11 is 0. The number of alkyl halides is 1. The fourth-order valence-electron chi connectivity index (χ4n) is 5.75. The molecule has 0 aliphatic heterocycles. The van der Waals surface area contributed by atoms with Gasteiger partial charge in [0.05, 0.1) is 17.1 Å². The summed E-state index contributed by atoms with van der Waals surface area (Å²) in [6.45, 7) is 1.02. The predicted octanol–water partition coefficient (Wildman–Crippen LogP) is 1.71. The third kappa shape index (κ3) is 3.27. The van der Waals surface area contributed by atoms with E-state index in [0.717, 1.165) is 0 Å². The fraction of sp³-hybridized carbons (Fsp3) is 0.478. The average Bonchev–Trinajstić information content (AvgIpc) is 2.68. The number of benzene rings is 1. The zero-order valence-electron chi connectivity index (χ0n) is 17.7. The number of hydrogen-bond donors (Lipinski definition) is 6. The highest BCUT2D eigenvalue weighted by molar-refractivity contribution is 6.13. The Kier molecular flexibility index (Phi) is 5.50. The Bertz CT molecular complexity index is 1060. The van der Waals surface area contributed by atoms with Crippen molar-refractivity contribution in [1.29, 1.82) is 0 Å². The maximum atomic E-state index is 13.4. The number of amides is 1. The lowest BCUT2D eigenvalue weighted by Crippen LogP contribution is -2.52. The van der Waals surface area contributed by atoms with E-state index < -0.39 is 35.8 Å². The molecule has 1 aromatic rings. The second-order valence-electron chi connectivity index (χ2n) is 9.01. The van der Waals surface area contributed by atoms with Gasteiger partial charge in [-0.3, -0.25) is 9.59 Å². The van der Waals surface area contributed by atoms with E-state index in [1.54, 1.807) is 12.1 Å². The van der Waals surface area contributed by atoms with E-state index in [0.29, 0.717) is 24.0 Å². The van der Waals surface area contributed by atoms with Gasteiger partial charge in [0.1, 0.15) is 29.5 Å². The Hall–Kier alpha value is -2.91. The van der Waals surface area contributed by atoms with Crippen LogP contribution in [-0.4, -0.2) is 50.9 Å². The van der Waals surface area contributed by atoms with E-state index in [2.05, 4.69) is 5.32 Å². The number of hydrogen-bond acceptors (Lipinski definition) is 7. The topological polar surface area (TPSA) is 153 Å². The first-order valence-electron chi connectivity index (χ1n) is 10.6. The maximum absolute atomic E-state index is 13.4. The molecular weight excluding hydrogens is 419 g/mol. The number of primary amides is 1. The van der Waals surface area contributed by atoms with E-state index in [1.165, 1.54) is 6.92 Å². The Morgan fingerprint density at radius 1 is 1.28 bits per heavy atom. The van der Waals surface area contributed by atoms with Crippen molar-refractivity contribution in [2.24, 2.45) is 23.5 Å². The zero-order valence-corrected chi connectivity index (χ0v) is 17.7. The van der Waals surface area contributed by atoms with Crippen LogP contribution in [-0.2, 0) is 17.8 Å². The molecule has 7 N–H and O–H groups in total. The first-order chi connectivity index (χ1) is 15.1. The number of aliphatic hydroxyl groups excluding tert-OH is 2. The largest absolute Gasteiger partial charge is 0.512 e. The summed E-state index contributed by atoms with van der Waals surface area (Å²) in [5, 5.41) is 46.2. The smallest absolute Gasteiger partial charge is 0.250 e. The number of halogens is 1. The molecule has 0 heterocycles. The molecule has 0 saturated carbocycles. The normalized spacial score (nSPS) is 29.5. The van der Waals surface area contributed by atoms with Crippen LogP contribution < -0.4 is 11.1 Å². The van der Waals surface area contributed by atoms with Crippen LogP contribution in [0.4, 0.5) is 4.39 Å². The minimum absolute atomic E-state index is 0.0540. The second-order valence-corrected chi connectivity index (χ2v) is 9.01. The van der Waals surface area contributed by atoms with Crippen molar-refractivity contribution in [1.82, 2.24) is 5.32 Å². The third-order valence-corrected chi connectivity index (χ3v) is 7.01. The Morgan fingerprint density at radius 2 is 2.00 bits per heavy atom. The molecule has 4 rings (SSSR count). The summed E-state index contributed by atoms with van der Waals surface area (Å²) in [6.07, 6.45) is 0.852. The third-order valence-electron chi connectivity index (χ3n) is 7.01. The Labute approximate surface area is 184 Å². The van der Waals surface area contributed by atoms with Gasteiger partial charge in [0, 0.05) is 30.6 Å². The molecule has 4 unspecified atom stereocenters. The molecule has 0 spiro atoms. The van der Waals surface area contributed by atoms with Crippen LogP contribution in [0.15, 0.2) is 34.8 Å². The molecule has 0 aromatic heterocycles. The maximum Gasteiger partial charge on any atom is 0.250 e. The van der Waals surface area contributed by atoms with Crippen molar-refractivity contribution in [3.8, 4) is 5.75 Å². The molecule has 1 aromatic carbocycles. The number of ketones is 1. The summed E-state index contributed by atoms with van der Waals surface area (Å²) in [6, 6.07) is 3.44. The molecule has 4 atom stereocenters. The number of Topliss-reactive ketones (excluding diaryl/α,β-unsaturated/α-hetero) is 1. The molecule has 3 aliphatic carbocycles. The van der Waals surface area contributed by atoms with Gasteiger partial charge in [0.2, 0.25) is 0 Å². The van der Waals surface area contributed by atoms with E-state index in [-0.39, 0.29) is 59.4 Å². The molecule has 32 heavy (non-hydrogen) atoms. The van der Waals surface area contributed by atoms with Crippen molar-refractivity contribution in [2.45, 2.75) is 38.3 Å². The number of aliphatic hydroxyl groups is 3. The van der Waals surface area contributed by atoms with Gasteiger partial charge in [-0.25, -0.2) is 4.39 Å². The Balaban J connectivity index is 1.78. The highest BCUT2D eigenvalue weighted by Crippen LogP contribution is 2.53. The minimum atomic E-state index is -1.96. The second kappa shape index (κ2) is 7.90. The molecule has 0 radical (unpaired) electrons. The van der Waals surface area contributed by atoms with Crippen molar-refractivity contribution < 1.29 is 34.4 Å². The highest BCUT2D eigenvalue weighted by Gasteiger charge is 2.55. The highest BCUT2D eigenvalue weighted by atomic mass is 19.1. The van der Waals surface area contributed by atoms with Crippen LogP contribution >= 0.6 is 0 Å². The molecule has 0 fully saturated rings. The van der Waals surface area contributed by atoms with E-state index in [1.807, 2.05) is 0 Å². The summed E-state index contributed by atoms with van der Waals surface area (Å²) in [5.74, 6) is -4.12. The van der Waals surface area contributed by atoms with Gasteiger partial charge in [-0.2, -0.15) is 0 Å². The van der Waals surface area contributed by atoms with Crippen molar-refractivity contribution in [2.75, 3.05) is 13.2 Å². The summed E-state index contributed by atoms with van der Waals surface area (Å²) in [7, 11) is 0. The van der Waals surface area contributed by atoms with E-state index in [4.69, 9.17) is 5.73 Å². The fourth-order valence-corrected chi connectivity index (χ4v) is 5.75. The van der Waals surface area contributed by atoms with Gasteiger partial charge in [-0.1, -0.05) is 12.1 Å². The van der Waals surface area contributed by atoms with Crippen molar-refractivity contribution in [3.63, 3.8) is 0 Å². The number of allylic oxidation sites excluding steroid dienone is 2. The molecule has 0 bridgehead atoms. The first kappa shape index (κ1) is 22.3. The number of phenols is 1. The number of nitrogens with two attached hydrogens (primary N) is 1. The van der Waals surface area contributed by atoms with Gasteiger partial charge in [0.15, 0.2) is 5.78 Å². The molecular formula is C23H27FN2O6. The van der Waals surface area contributed by atoms with Crippen LogP contribution in [0.2, 0.25) is 0 Å². The SMILES string of the molecule is CC1(O)C(C(N)=O)=C(O)CC2CC3Cc4ccc(CNCCF)c(O)c4C(=O)C3=C(O)C21. The van der Waals surface area contributed by atoms with Gasteiger partial charge >= 0.3 is 0 Å². The molecule has 1 amide bonds. The van der Waals surface area contributed by atoms with Gasteiger partial charge in [0.25, 0.3) is 5.91 Å². The van der Waals surface area contributed by atoms with Crippen molar-refractivity contribution >= 4 is 11.7 Å². The zero-order chi connectivity index (χ0) is 23.4. The minimum Gasteiger partial charge on any atom is -0.512 e. The van der Waals surface area contributed by atoms with E-state index >= 15 is 0 Å². The quantitative estimate of drug-likeness (QED) is 0.376. The first-order valence-corrected chi connectivity index (χ1v) is 10.6. The van der Waals surface area contributed by atoms with Gasteiger partial charge in [-0.15, -0.1) is 0 Å². The number of carbonyl (C=O) groups excluding carboxylic acids is 2. The lowest BCUT2D eigenvalue weighted by Gasteiger charge is -2.48. The van der Waals surface area contributed by atoms with Crippen LogP contribution in [0.25, 0.3) is 0 Å². The number of phenolic OH excluding ortho intramolecular Hbond substituents is 1. The number of aromatic hydroxyl groups is 1. The number of carbonyl (C=O) groups is 2. The lowest BCUT2D eigenvalue weighted by molar-refractivity contribution is -0.119.